The third-order valence-corrected chi connectivity index (χ3v) is 2.87. The molecule has 0 bridgehead atoms. The molecule has 2 aromatic carbocycles. The van der Waals surface area contributed by atoms with Crippen LogP contribution in [0.2, 0.25) is 0 Å². The first-order valence-electron chi connectivity index (χ1n) is 6.45. The van der Waals surface area contributed by atoms with Crippen molar-refractivity contribution in [2.24, 2.45) is 0 Å². The van der Waals surface area contributed by atoms with Crippen molar-refractivity contribution >= 4 is 17.7 Å². The van der Waals surface area contributed by atoms with Crippen LogP contribution < -0.4 is 10.1 Å². The number of nitriles is 1. The van der Waals surface area contributed by atoms with E-state index in [-0.39, 0.29) is 5.57 Å². The minimum absolute atomic E-state index is 0.0578. The molecule has 4 nitrogen and oxygen atoms in total. The quantitative estimate of drug-likeness (QED) is 0.695. The number of rotatable bonds is 4. The van der Waals surface area contributed by atoms with Gasteiger partial charge in [0.2, 0.25) is 0 Å². The summed E-state index contributed by atoms with van der Waals surface area (Å²) in [5, 5.41) is 11.7. The van der Waals surface area contributed by atoms with Gasteiger partial charge in [-0.25, -0.2) is 4.39 Å². The van der Waals surface area contributed by atoms with Crippen LogP contribution in [0, 0.1) is 17.1 Å². The molecule has 5 heteroatoms. The molecule has 0 aliphatic carbocycles. The predicted octanol–water partition coefficient (Wildman–Crippen LogP) is 3.38. The molecular weight excluding hydrogens is 283 g/mol. The Hall–Kier alpha value is -3.13. The number of benzene rings is 2. The van der Waals surface area contributed by atoms with E-state index in [1.807, 2.05) is 6.07 Å². The molecule has 0 heterocycles. The Balaban J connectivity index is 2.19. The molecule has 2 rings (SSSR count). The predicted molar refractivity (Wildman–Crippen MR) is 81.6 cm³/mol. The lowest BCUT2D eigenvalue weighted by molar-refractivity contribution is -0.112. The SMILES string of the molecule is COc1cccc(/C=C(/C#N)C(=O)Nc2ccc(F)cc2)c1. The van der Waals surface area contributed by atoms with Gasteiger partial charge in [-0.3, -0.25) is 4.79 Å². The topological polar surface area (TPSA) is 62.1 Å². The summed E-state index contributed by atoms with van der Waals surface area (Å²) < 4.78 is 17.9. The molecule has 22 heavy (non-hydrogen) atoms. The monoisotopic (exact) mass is 296 g/mol. The molecule has 1 amide bonds. The van der Waals surface area contributed by atoms with Crippen LogP contribution in [-0.2, 0) is 4.79 Å². The highest BCUT2D eigenvalue weighted by Gasteiger charge is 2.09. The van der Waals surface area contributed by atoms with E-state index in [1.165, 1.54) is 37.5 Å². The third-order valence-electron chi connectivity index (χ3n) is 2.87. The second kappa shape index (κ2) is 7.04. The Labute approximate surface area is 127 Å². The van der Waals surface area contributed by atoms with Crippen molar-refractivity contribution in [1.82, 2.24) is 0 Å². The van der Waals surface area contributed by atoms with Crippen molar-refractivity contribution in [1.29, 1.82) is 5.26 Å². The van der Waals surface area contributed by atoms with Gasteiger partial charge < -0.3 is 10.1 Å². The maximum absolute atomic E-state index is 12.8. The zero-order valence-corrected chi connectivity index (χ0v) is 11.8. The van der Waals surface area contributed by atoms with Crippen molar-refractivity contribution < 1.29 is 13.9 Å². The van der Waals surface area contributed by atoms with Crippen molar-refractivity contribution in [3.8, 4) is 11.8 Å². The first kappa shape index (κ1) is 15.3. The van der Waals surface area contributed by atoms with E-state index in [1.54, 1.807) is 24.3 Å². The fourth-order valence-electron chi connectivity index (χ4n) is 1.78. The van der Waals surface area contributed by atoms with Crippen molar-refractivity contribution in [3.05, 3.63) is 65.5 Å². The number of ether oxygens (including phenoxy) is 1. The van der Waals surface area contributed by atoms with Crippen LogP contribution in [-0.4, -0.2) is 13.0 Å². The van der Waals surface area contributed by atoms with Crippen molar-refractivity contribution in [3.63, 3.8) is 0 Å². The molecule has 1 N–H and O–H groups in total. The number of hydrogen-bond donors (Lipinski definition) is 1. The van der Waals surface area contributed by atoms with Crippen LogP contribution in [0.3, 0.4) is 0 Å². The van der Waals surface area contributed by atoms with Gasteiger partial charge in [0.25, 0.3) is 5.91 Å². The zero-order chi connectivity index (χ0) is 15.9. The summed E-state index contributed by atoms with van der Waals surface area (Å²) in [6.07, 6.45) is 1.46. The van der Waals surface area contributed by atoms with Gasteiger partial charge in [0.15, 0.2) is 0 Å². The summed E-state index contributed by atoms with van der Waals surface area (Å²) in [4.78, 5) is 12.1. The fraction of sp³-hybridized carbons (Fsp3) is 0.0588. The number of halogens is 1. The largest absolute Gasteiger partial charge is 0.497 e. The molecule has 0 fully saturated rings. The Bertz CT molecular complexity index is 746. The second-order valence-electron chi connectivity index (χ2n) is 4.41. The number of nitrogens with one attached hydrogen (secondary N) is 1. The molecule has 2 aromatic rings. The van der Waals surface area contributed by atoms with Crippen LogP contribution in [0.25, 0.3) is 6.08 Å². The summed E-state index contributed by atoms with van der Waals surface area (Å²) in [6, 6.07) is 14.2. The summed E-state index contributed by atoms with van der Waals surface area (Å²) in [7, 11) is 1.54. The van der Waals surface area contributed by atoms with E-state index in [2.05, 4.69) is 5.32 Å². The fourth-order valence-corrected chi connectivity index (χ4v) is 1.78. The van der Waals surface area contributed by atoms with Gasteiger partial charge in [0.05, 0.1) is 7.11 Å². The molecule has 0 spiro atoms. The normalized spacial score (nSPS) is 10.7. The molecule has 0 saturated carbocycles. The highest BCUT2D eigenvalue weighted by molar-refractivity contribution is 6.09. The van der Waals surface area contributed by atoms with Crippen LogP contribution in [0.5, 0.6) is 5.75 Å². The van der Waals surface area contributed by atoms with E-state index >= 15 is 0 Å². The van der Waals surface area contributed by atoms with Gasteiger partial charge >= 0.3 is 0 Å². The molecule has 0 aromatic heterocycles. The first-order valence-corrected chi connectivity index (χ1v) is 6.45. The van der Waals surface area contributed by atoms with Crippen LogP contribution in [0.15, 0.2) is 54.1 Å². The van der Waals surface area contributed by atoms with E-state index < -0.39 is 11.7 Å². The Morgan fingerprint density at radius 2 is 2.00 bits per heavy atom. The number of anilines is 1. The molecule has 0 unspecified atom stereocenters. The summed E-state index contributed by atoms with van der Waals surface area (Å²) in [6.45, 7) is 0. The molecule has 0 aliphatic heterocycles. The Morgan fingerprint density at radius 3 is 2.64 bits per heavy atom. The second-order valence-corrected chi connectivity index (χ2v) is 4.41. The van der Waals surface area contributed by atoms with Gasteiger partial charge in [-0.1, -0.05) is 12.1 Å². The van der Waals surface area contributed by atoms with E-state index in [0.29, 0.717) is 17.0 Å². The molecule has 110 valence electrons. The van der Waals surface area contributed by atoms with Crippen LogP contribution >= 0.6 is 0 Å². The maximum atomic E-state index is 12.8. The van der Waals surface area contributed by atoms with Gasteiger partial charge in [0.1, 0.15) is 23.2 Å². The van der Waals surface area contributed by atoms with E-state index in [0.717, 1.165) is 0 Å². The van der Waals surface area contributed by atoms with Crippen molar-refractivity contribution in [2.45, 2.75) is 0 Å². The standard InChI is InChI=1S/C17H13FN2O2/c1-22-16-4-2-3-12(10-16)9-13(11-19)17(21)20-15-7-5-14(18)6-8-15/h2-10H,1H3,(H,20,21)/b13-9-. The van der Waals surface area contributed by atoms with Gasteiger partial charge in [-0.2, -0.15) is 5.26 Å². The summed E-state index contributed by atoms with van der Waals surface area (Å²) >= 11 is 0. The average molecular weight is 296 g/mol. The molecule has 0 atom stereocenters. The molecule has 0 saturated heterocycles. The first-order chi connectivity index (χ1) is 10.6. The molecule has 0 radical (unpaired) electrons. The zero-order valence-electron chi connectivity index (χ0n) is 11.8. The smallest absolute Gasteiger partial charge is 0.266 e. The number of methoxy groups -OCH3 is 1. The van der Waals surface area contributed by atoms with Gasteiger partial charge in [-0.05, 0) is 48.0 Å². The van der Waals surface area contributed by atoms with Crippen molar-refractivity contribution in [2.75, 3.05) is 12.4 Å². The lowest BCUT2D eigenvalue weighted by Gasteiger charge is -2.05. The van der Waals surface area contributed by atoms with Crippen LogP contribution in [0.1, 0.15) is 5.56 Å². The molecule has 0 aliphatic rings. The Morgan fingerprint density at radius 1 is 1.27 bits per heavy atom. The highest BCUT2D eigenvalue weighted by Crippen LogP contribution is 2.16. The number of hydrogen-bond acceptors (Lipinski definition) is 3. The van der Waals surface area contributed by atoms with Gasteiger partial charge in [-0.15, -0.1) is 0 Å². The van der Waals surface area contributed by atoms with Gasteiger partial charge in [0, 0.05) is 5.69 Å². The lowest BCUT2D eigenvalue weighted by atomic mass is 10.1. The average Bonchev–Trinajstić information content (AvgIpc) is 2.54. The third kappa shape index (κ3) is 3.93. The minimum Gasteiger partial charge on any atom is -0.497 e. The maximum Gasteiger partial charge on any atom is 0.266 e. The summed E-state index contributed by atoms with van der Waals surface area (Å²) in [5.74, 6) is -0.327. The number of amides is 1. The van der Waals surface area contributed by atoms with E-state index in [9.17, 15) is 9.18 Å². The highest BCUT2D eigenvalue weighted by atomic mass is 19.1. The number of nitrogens with zero attached hydrogens (tertiary/aromatic N) is 1. The number of carbonyl (C=O) groups is 1. The lowest BCUT2D eigenvalue weighted by Crippen LogP contribution is -2.13. The Kier molecular flexibility index (Phi) is 4.89. The molecular formula is C17H13FN2O2. The van der Waals surface area contributed by atoms with E-state index in [4.69, 9.17) is 10.00 Å². The van der Waals surface area contributed by atoms with Crippen LogP contribution in [0.4, 0.5) is 10.1 Å². The minimum atomic E-state index is -0.558. The number of carbonyl (C=O) groups excluding carboxylic acids is 1. The summed E-state index contributed by atoms with van der Waals surface area (Å²) in [5.41, 5.74) is 1.03.